The van der Waals surface area contributed by atoms with Gasteiger partial charge in [-0.15, -0.1) is 11.3 Å². The third-order valence-corrected chi connectivity index (χ3v) is 5.15. The third kappa shape index (κ3) is 6.48. The van der Waals surface area contributed by atoms with E-state index in [4.69, 9.17) is 14.2 Å². The number of hydrogen-bond donors (Lipinski definition) is 1. The van der Waals surface area contributed by atoms with E-state index in [0.717, 1.165) is 11.3 Å². The summed E-state index contributed by atoms with van der Waals surface area (Å²) in [4.78, 5) is 58.6. The Labute approximate surface area is 188 Å². The molecule has 0 radical (unpaired) electrons. The smallest absolute Gasteiger partial charge is 0.348 e. The zero-order chi connectivity index (χ0) is 23.7. The number of esters is 3. The Morgan fingerprint density at radius 3 is 2.28 bits per heavy atom. The minimum Gasteiger partial charge on any atom is -0.462 e. The molecule has 2 aromatic rings. The Kier molecular flexibility index (Phi) is 9.08. The highest BCUT2D eigenvalue weighted by atomic mass is 32.1. The van der Waals surface area contributed by atoms with Gasteiger partial charge in [0.2, 0.25) is 5.95 Å². The summed E-state index contributed by atoms with van der Waals surface area (Å²) in [6, 6.07) is 1.64. The van der Waals surface area contributed by atoms with Gasteiger partial charge in [0.1, 0.15) is 16.4 Å². The highest BCUT2D eigenvalue weighted by Gasteiger charge is 2.27. The first-order valence-electron chi connectivity index (χ1n) is 9.69. The second-order valence-electron chi connectivity index (χ2n) is 6.31. The minimum atomic E-state index is -0.687. The van der Waals surface area contributed by atoms with Gasteiger partial charge in [0.15, 0.2) is 6.61 Å². The van der Waals surface area contributed by atoms with Crippen LogP contribution in [0.25, 0.3) is 0 Å². The Morgan fingerprint density at radius 1 is 1.03 bits per heavy atom. The largest absolute Gasteiger partial charge is 0.462 e. The number of nitrogens with zero attached hydrogens (tertiary/aromatic N) is 3. The predicted molar refractivity (Wildman–Crippen MR) is 116 cm³/mol. The first kappa shape index (κ1) is 24.7. The maximum absolute atomic E-state index is 12.4. The number of thiophene rings is 1. The van der Waals surface area contributed by atoms with E-state index in [1.165, 1.54) is 17.3 Å². The normalized spacial score (nSPS) is 10.2. The number of rotatable bonds is 10. The van der Waals surface area contributed by atoms with Crippen molar-refractivity contribution in [2.45, 2.75) is 20.8 Å². The Balaban J connectivity index is 2.04. The van der Waals surface area contributed by atoms with Crippen LogP contribution in [0.4, 0.5) is 10.9 Å². The summed E-state index contributed by atoms with van der Waals surface area (Å²) in [7, 11) is 1.60. The van der Waals surface area contributed by atoms with Crippen molar-refractivity contribution in [3.8, 4) is 0 Å². The van der Waals surface area contributed by atoms with Crippen molar-refractivity contribution in [1.82, 2.24) is 9.97 Å². The van der Waals surface area contributed by atoms with Gasteiger partial charge in [-0.05, 0) is 32.4 Å². The molecule has 11 nitrogen and oxygen atoms in total. The lowest BCUT2D eigenvalue weighted by atomic mass is 10.1. The molecule has 0 fully saturated rings. The second kappa shape index (κ2) is 11.7. The molecule has 0 saturated carbocycles. The number of amides is 1. The van der Waals surface area contributed by atoms with Gasteiger partial charge >= 0.3 is 17.9 Å². The molecule has 172 valence electrons. The number of anilines is 2. The first-order chi connectivity index (χ1) is 15.3. The molecule has 0 aliphatic heterocycles. The van der Waals surface area contributed by atoms with Crippen LogP contribution in [-0.2, 0) is 23.8 Å². The molecule has 2 rings (SSSR count). The number of aromatic nitrogens is 2. The van der Waals surface area contributed by atoms with E-state index in [1.807, 2.05) is 0 Å². The number of hydrogen-bond acceptors (Lipinski definition) is 11. The third-order valence-electron chi connectivity index (χ3n) is 3.96. The molecular weight excluding hydrogens is 440 g/mol. The lowest BCUT2D eigenvalue weighted by Gasteiger charge is -2.15. The molecule has 2 heterocycles. The summed E-state index contributed by atoms with van der Waals surface area (Å²) < 4.78 is 15.0. The molecule has 1 amide bonds. The molecule has 0 spiro atoms. The van der Waals surface area contributed by atoms with E-state index in [2.05, 4.69) is 15.3 Å². The molecule has 32 heavy (non-hydrogen) atoms. The summed E-state index contributed by atoms with van der Waals surface area (Å²) in [6.45, 7) is 4.38. The van der Waals surface area contributed by atoms with Crippen LogP contribution >= 0.6 is 11.3 Å². The van der Waals surface area contributed by atoms with E-state index < -0.39 is 30.4 Å². The molecule has 0 atom stereocenters. The van der Waals surface area contributed by atoms with Gasteiger partial charge in [0.25, 0.3) is 5.91 Å². The Bertz CT molecular complexity index is 978. The van der Waals surface area contributed by atoms with Crippen LogP contribution in [0.3, 0.4) is 0 Å². The second-order valence-corrected chi connectivity index (χ2v) is 7.34. The number of likely N-dealkylation sites (N-methyl/N-ethyl adjacent to an activating group) is 1. The van der Waals surface area contributed by atoms with Crippen molar-refractivity contribution in [2.24, 2.45) is 0 Å². The van der Waals surface area contributed by atoms with Crippen LogP contribution in [0, 0.1) is 6.92 Å². The highest BCUT2D eigenvalue weighted by Crippen LogP contribution is 2.34. The monoisotopic (exact) mass is 464 g/mol. The van der Waals surface area contributed by atoms with Crippen molar-refractivity contribution >= 4 is 46.1 Å². The topological polar surface area (TPSA) is 137 Å². The maximum atomic E-state index is 12.4. The van der Waals surface area contributed by atoms with Gasteiger partial charge in [-0.3, -0.25) is 9.59 Å². The maximum Gasteiger partial charge on any atom is 0.348 e. The average molecular weight is 465 g/mol. The minimum absolute atomic E-state index is 0.0561. The van der Waals surface area contributed by atoms with Crippen LogP contribution in [0.2, 0.25) is 0 Å². The molecule has 0 aromatic carbocycles. The van der Waals surface area contributed by atoms with Crippen LogP contribution in [0.1, 0.15) is 39.4 Å². The van der Waals surface area contributed by atoms with Crippen LogP contribution in [-0.4, -0.2) is 67.2 Å². The fourth-order valence-corrected chi connectivity index (χ4v) is 3.65. The summed E-state index contributed by atoms with van der Waals surface area (Å²) in [5.74, 6) is -2.32. The summed E-state index contributed by atoms with van der Waals surface area (Å²) >= 11 is 0.886. The van der Waals surface area contributed by atoms with Gasteiger partial charge in [-0.2, -0.15) is 0 Å². The fraction of sp³-hybridized carbons (Fsp3) is 0.400. The van der Waals surface area contributed by atoms with Crippen molar-refractivity contribution in [1.29, 1.82) is 0 Å². The van der Waals surface area contributed by atoms with E-state index in [1.54, 1.807) is 33.9 Å². The molecule has 2 aromatic heterocycles. The molecule has 12 heteroatoms. The van der Waals surface area contributed by atoms with Crippen LogP contribution < -0.4 is 10.2 Å². The lowest BCUT2D eigenvalue weighted by Crippen LogP contribution is -2.30. The van der Waals surface area contributed by atoms with Gasteiger partial charge in [0.05, 0.1) is 18.8 Å². The zero-order valence-electron chi connectivity index (χ0n) is 18.2. The molecule has 0 aliphatic rings. The molecule has 0 saturated heterocycles. The van der Waals surface area contributed by atoms with Crippen molar-refractivity contribution < 1.29 is 33.4 Å². The quantitative estimate of drug-likeness (QED) is 0.409. The van der Waals surface area contributed by atoms with E-state index in [0.29, 0.717) is 11.5 Å². The average Bonchev–Trinajstić information content (AvgIpc) is 3.09. The Morgan fingerprint density at radius 2 is 1.66 bits per heavy atom. The van der Waals surface area contributed by atoms with Crippen LogP contribution in [0.5, 0.6) is 0 Å². The van der Waals surface area contributed by atoms with Crippen LogP contribution in [0.15, 0.2) is 18.5 Å². The van der Waals surface area contributed by atoms with Gasteiger partial charge in [-0.25, -0.2) is 19.6 Å². The van der Waals surface area contributed by atoms with E-state index >= 15 is 0 Å². The summed E-state index contributed by atoms with van der Waals surface area (Å²) in [5, 5.41) is 2.61. The fourth-order valence-electron chi connectivity index (χ4n) is 2.55. The van der Waals surface area contributed by atoms with E-state index in [9.17, 15) is 19.2 Å². The number of nitrogens with one attached hydrogen (secondary N) is 1. The Hall–Kier alpha value is -3.54. The standard InChI is InChI=1S/C20H24N4O7S/c1-5-29-18(27)15-12(3)16(19(28)30-6-2)32-17(15)23-13(25)11-31-14(26)10-24(4)20-21-8-7-9-22-20/h7-9H,5-6,10-11H2,1-4H3,(H,23,25). The number of carbonyl (C=O) groups is 4. The first-order valence-corrected chi connectivity index (χ1v) is 10.5. The van der Waals surface area contributed by atoms with Gasteiger partial charge in [-0.1, -0.05) is 0 Å². The van der Waals surface area contributed by atoms with Crippen molar-refractivity contribution in [3.63, 3.8) is 0 Å². The van der Waals surface area contributed by atoms with E-state index in [-0.39, 0.29) is 35.2 Å². The molecule has 1 N–H and O–H groups in total. The summed E-state index contributed by atoms with van der Waals surface area (Å²) in [5.41, 5.74) is 0.393. The predicted octanol–water partition coefficient (Wildman–Crippen LogP) is 1.82. The highest BCUT2D eigenvalue weighted by molar-refractivity contribution is 7.18. The molecular formula is C20H24N4O7S. The number of carbonyl (C=O) groups excluding carboxylic acids is 4. The van der Waals surface area contributed by atoms with Gasteiger partial charge < -0.3 is 24.4 Å². The zero-order valence-corrected chi connectivity index (χ0v) is 19.0. The lowest BCUT2D eigenvalue weighted by molar-refractivity contribution is -0.145. The SMILES string of the molecule is CCOC(=O)c1sc(NC(=O)COC(=O)CN(C)c2ncccn2)c(C(=O)OCC)c1C. The van der Waals surface area contributed by atoms with Crippen molar-refractivity contribution in [2.75, 3.05) is 43.6 Å². The molecule has 0 aliphatic carbocycles. The molecule has 0 unspecified atom stereocenters. The van der Waals surface area contributed by atoms with Gasteiger partial charge in [0, 0.05) is 19.4 Å². The molecule has 0 bridgehead atoms. The van der Waals surface area contributed by atoms with Crippen molar-refractivity contribution in [3.05, 3.63) is 34.5 Å². The number of ether oxygens (including phenoxy) is 3. The summed E-state index contributed by atoms with van der Waals surface area (Å²) in [6.07, 6.45) is 3.07.